The molecule has 18 nitrogen and oxygen atoms in total. The highest BCUT2D eigenvalue weighted by molar-refractivity contribution is 7.86. The van der Waals surface area contributed by atoms with E-state index >= 15 is 0 Å². The van der Waals surface area contributed by atoms with Crippen LogP contribution in [-0.2, 0) is 25.0 Å². The molecule has 2 aromatic carbocycles. The zero-order valence-electron chi connectivity index (χ0n) is 43.8. The molecule has 0 spiro atoms. The van der Waals surface area contributed by atoms with Gasteiger partial charge in [-0.1, -0.05) is 60.1 Å². The first-order valence-electron chi connectivity index (χ1n) is 25.3. The van der Waals surface area contributed by atoms with Crippen LogP contribution < -0.4 is 20.9 Å². The molecule has 0 aromatic heterocycles. The van der Waals surface area contributed by atoms with Gasteiger partial charge in [-0.25, -0.2) is 0 Å². The van der Waals surface area contributed by atoms with Crippen LogP contribution in [0, 0.1) is 61.1 Å². The molecule has 0 heterocycles. The summed E-state index contributed by atoms with van der Waals surface area (Å²) in [5.74, 6) is 0.620. The number of fused-ring (bicyclic) bond motifs is 7. The zero-order valence-corrected chi connectivity index (χ0v) is 45.4. The summed E-state index contributed by atoms with van der Waals surface area (Å²) >= 11 is 0. The first kappa shape index (κ1) is 61.4. The van der Waals surface area contributed by atoms with Crippen LogP contribution in [0.25, 0.3) is 0 Å². The van der Waals surface area contributed by atoms with E-state index in [-0.39, 0.29) is 50.8 Å². The fourth-order valence-electron chi connectivity index (χ4n) is 13.2. The monoisotopic (exact) mass is 1060 g/mol. The Labute approximate surface area is 432 Å². The van der Waals surface area contributed by atoms with Crippen LogP contribution in [-0.4, -0.2) is 119 Å². The van der Waals surface area contributed by atoms with E-state index in [2.05, 4.69) is 54.5 Å². The van der Waals surface area contributed by atoms with E-state index in [0.29, 0.717) is 49.0 Å². The molecular weight excluding hydrogens is 981 g/mol. The number of ether oxygens (including phenoxy) is 2. The second-order valence-corrected chi connectivity index (χ2v) is 26.0. The van der Waals surface area contributed by atoms with Gasteiger partial charge in [-0.05, 0) is 170 Å². The van der Waals surface area contributed by atoms with Crippen molar-refractivity contribution in [2.45, 2.75) is 138 Å². The van der Waals surface area contributed by atoms with Gasteiger partial charge >= 0.3 is 5.97 Å². The number of hydrogen-bond donors (Lipinski definition) is 11. The average molecular weight is 1070 g/mol. The van der Waals surface area contributed by atoms with E-state index in [1.807, 2.05) is 24.3 Å². The van der Waals surface area contributed by atoms with Crippen molar-refractivity contribution in [2.75, 3.05) is 37.9 Å². The number of aliphatic carboxylic acids is 1. The second-order valence-electron chi connectivity index (χ2n) is 22.8. The van der Waals surface area contributed by atoms with Gasteiger partial charge < -0.3 is 46.5 Å². The fraction of sp³-hybridized carbons (Fsp3) is 0.679. The second kappa shape index (κ2) is 24.2. The normalized spacial score (nSPS) is 30.6. The van der Waals surface area contributed by atoms with Crippen molar-refractivity contribution in [3.8, 4) is 11.5 Å². The first-order chi connectivity index (χ1) is 33.7. The Bertz CT molecular complexity index is 2370. The van der Waals surface area contributed by atoms with Crippen molar-refractivity contribution in [2.24, 2.45) is 61.7 Å². The summed E-state index contributed by atoms with van der Waals surface area (Å²) in [6, 6.07) is 14.4. The van der Waals surface area contributed by atoms with E-state index < -0.39 is 62.4 Å². The lowest BCUT2D eigenvalue weighted by molar-refractivity contribution is -0.218. The van der Waals surface area contributed by atoms with Gasteiger partial charge in [0.2, 0.25) is 0 Å². The molecule has 20 heteroatoms. The Morgan fingerprint density at radius 3 is 1.56 bits per heavy atom. The Morgan fingerprint density at radius 1 is 0.671 bits per heavy atom. The van der Waals surface area contributed by atoms with E-state index in [9.17, 15) is 36.9 Å². The summed E-state index contributed by atoms with van der Waals surface area (Å²) in [6.45, 7) is 16.6. The number of nitrogens with two attached hydrogens (primary N) is 2. The summed E-state index contributed by atoms with van der Waals surface area (Å²) in [4.78, 5) is 12.8. The third-order valence-corrected chi connectivity index (χ3v) is 18.8. The minimum absolute atomic E-state index is 0.0218. The van der Waals surface area contributed by atoms with E-state index in [1.54, 1.807) is 24.3 Å². The third-order valence-electron chi connectivity index (χ3n) is 17.4. The summed E-state index contributed by atoms with van der Waals surface area (Å²) in [5.41, 5.74) is 12.5. The molecule has 0 radical (unpaired) electrons. The van der Waals surface area contributed by atoms with Crippen molar-refractivity contribution in [1.82, 2.24) is 0 Å². The highest BCUT2D eigenvalue weighted by atomic mass is 32.2. The molecule has 0 aliphatic heterocycles. The fourth-order valence-corrected chi connectivity index (χ4v) is 13.6. The number of allylic oxidation sites excluding steroid dienone is 2. The van der Waals surface area contributed by atoms with Gasteiger partial charge in [0.15, 0.2) is 0 Å². The van der Waals surface area contributed by atoms with Crippen molar-refractivity contribution in [3.05, 3.63) is 71.3 Å². The number of nitrogens with one attached hydrogen (secondary N) is 2. The van der Waals surface area contributed by atoms with Crippen LogP contribution in [0.15, 0.2) is 60.2 Å². The summed E-state index contributed by atoms with van der Waals surface area (Å²) in [6.07, 6.45) is 12.2. The Kier molecular flexibility index (Phi) is 20.4. The standard InChI is InChI=1S/C30H48O4.C19H24N4O2.2C2H6O4S/c1-25(2)14-15-30(24(33)34)19(16-25)18-8-9-21-27(5)12-11-22(31)26(3,4)20(27)10-13-28(21,6)29(18,7)17-23(30)32;20-18(21)14-4-8-16(9-5-14)24-12-2-1-3-13-25-17-10-6-15(7-11-17)19(22)23;2*3-1-2-7(4,5)6/h8,19-23,31-32H,9-17H2,1-7H3,(H,33,34);4-11H,1-3,12-13H2,(H3,20,21)(H3,22,23);2*3H,1-2H2,(H,4,5,6). The molecule has 0 bridgehead atoms. The number of aliphatic hydroxyl groups is 4. The number of hydrogen-bond acceptors (Lipinski definition) is 13. The molecule has 7 rings (SSSR count). The van der Waals surface area contributed by atoms with Gasteiger partial charge in [-0.3, -0.25) is 24.7 Å². The first-order valence-corrected chi connectivity index (χ1v) is 28.5. The molecule has 13 N–H and O–H groups in total. The van der Waals surface area contributed by atoms with Crippen LogP contribution in [0.4, 0.5) is 0 Å². The lowest BCUT2D eigenvalue weighted by Crippen LogP contribution is -2.67. The number of benzene rings is 2. The van der Waals surface area contributed by atoms with Gasteiger partial charge in [0.1, 0.15) is 28.6 Å². The molecule has 9 unspecified atom stereocenters. The Balaban J connectivity index is 0.000000258. The topological polar surface area (TPSA) is 345 Å². The van der Waals surface area contributed by atoms with Crippen molar-refractivity contribution >= 4 is 37.9 Å². The zero-order chi connectivity index (χ0) is 55.0. The molecular formula is C53H84N4O14S2. The lowest BCUT2D eigenvalue weighted by Gasteiger charge is -2.71. The molecule has 4 saturated carbocycles. The number of carboxylic acid groups (broad SMARTS) is 1. The van der Waals surface area contributed by atoms with Crippen LogP contribution in [0.3, 0.4) is 0 Å². The van der Waals surface area contributed by atoms with Gasteiger partial charge in [0.05, 0.1) is 50.1 Å². The number of unbranched alkanes of at least 4 members (excludes halogenated alkanes) is 2. The van der Waals surface area contributed by atoms with Crippen molar-refractivity contribution in [3.63, 3.8) is 0 Å². The van der Waals surface area contributed by atoms with Gasteiger partial charge in [-0.15, -0.1) is 0 Å². The minimum atomic E-state index is -3.92. The third kappa shape index (κ3) is 14.4. The highest BCUT2D eigenvalue weighted by Crippen LogP contribution is 2.75. The van der Waals surface area contributed by atoms with Gasteiger partial charge in [-0.2, -0.15) is 16.8 Å². The number of carbonyl (C=O) groups is 1. The molecule has 73 heavy (non-hydrogen) atoms. The molecule has 0 amide bonds. The summed E-state index contributed by atoms with van der Waals surface area (Å²) in [5, 5.41) is 63.5. The summed E-state index contributed by atoms with van der Waals surface area (Å²) in [7, 11) is -7.85. The average Bonchev–Trinajstić information content (AvgIpc) is 3.27. The molecule has 5 aliphatic carbocycles. The number of aliphatic hydroxyl groups excluding tert-OH is 4. The SMILES string of the molecule is CC1(C)CCC2(C(=O)O)C(O)CC3(C)C(=CCC4C5(C)CCC(O)C(C)(C)C5CCC43C)C2C1.N=C(N)c1ccc(OCCCCCOc2ccc(C(=N)N)cc2)cc1.O=S(=O)(O)CCO.O=S(=O)(O)CCO. The predicted octanol–water partition coefficient (Wildman–Crippen LogP) is 6.82. The molecule has 2 aromatic rings. The Hall–Kier alpha value is -4.15. The predicted molar refractivity (Wildman–Crippen MR) is 281 cm³/mol. The van der Waals surface area contributed by atoms with Crippen LogP contribution in [0.5, 0.6) is 11.5 Å². The maximum absolute atomic E-state index is 12.8. The lowest BCUT2D eigenvalue weighted by atomic mass is 9.33. The van der Waals surface area contributed by atoms with Crippen LogP contribution in [0.2, 0.25) is 0 Å². The number of carboxylic acids is 1. The van der Waals surface area contributed by atoms with Crippen LogP contribution in [0.1, 0.15) is 137 Å². The number of rotatable bonds is 15. The van der Waals surface area contributed by atoms with Crippen molar-refractivity contribution < 1.29 is 65.7 Å². The molecule has 5 aliphatic rings. The summed E-state index contributed by atoms with van der Waals surface area (Å²) < 4.78 is 65.5. The van der Waals surface area contributed by atoms with Crippen molar-refractivity contribution in [1.29, 1.82) is 10.8 Å². The maximum atomic E-state index is 12.8. The van der Waals surface area contributed by atoms with Gasteiger partial charge in [0.25, 0.3) is 20.2 Å². The minimum Gasteiger partial charge on any atom is -0.494 e. The van der Waals surface area contributed by atoms with E-state index in [1.165, 1.54) is 5.57 Å². The van der Waals surface area contributed by atoms with E-state index in [0.717, 1.165) is 75.7 Å². The van der Waals surface area contributed by atoms with E-state index in [4.69, 9.17) is 51.1 Å². The smallest absolute Gasteiger partial charge is 0.312 e. The molecule has 4 fully saturated rings. The largest absolute Gasteiger partial charge is 0.494 e. The maximum Gasteiger partial charge on any atom is 0.312 e. The highest BCUT2D eigenvalue weighted by Gasteiger charge is 2.71. The molecule has 9 atom stereocenters. The number of amidine groups is 2. The van der Waals surface area contributed by atoms with Gasteiger partial charge in [0, 0.05) is 11.1 Å². The number of nitrogen functional groups attached to an aromatic ring is 2. The molecule has 0 saturated heterocycles. The van der Waals surface area contributed by atoms with Crippen LogP contribution >= 0.6 is 0 Å². The molecule has 412 valence electrons. The quantitative estimate of drug-likeness (QED) is 0.0286. The Morgan fingerprint density at radius 2 is 1.15 bits per heavy atom.